The van der Waals surface area contributed by atoms with E-state index < -0.39 is 10.0 Å². The molecule has 1 saturated heterocycles. The van der Waals surface area contributed by atoms with E-state index in [1.807, 2.05) is 13.8 Å². The van der Waals surface area contributed by atoms with Crippen molar-refractivity contribution in [2.45, 2.75) is 44.2 Å². The average Bonchev–Trinajstić information content (AvgIpc) is 2.97. The van der Waals surface area contributed by atoms with Gasteiger partial charge in [-0.1, -0.05) is 6.92 Å². The standard InChI is InChI=1S/C12H20N4O3S/c1-3-5-15-8-10(6-12(15)17)14-20(18,19)11-7-13-16(4-2)9-11/h7,9-10,14H,3-6,8H2,1-2H3. The number of hydrogen-bond acceptors (Lipinski definition) is 4. The van der Waals surface area contributed by atoms with Crippen LogP contribution in [-0.2, 0) is 21.4 Å². The molecule has 1 amide bonds. The minimum Gasteiger partial charge on any atom is -0.341 e. The van der Waals surface area contributed by atoms with Crippen LogP contribution in [0.2, 0.25) is 0 Å². The Morgan fingerprint density at radius 1 is 1.45 bits per heavy atom. The molecule has 7 nitrogen and oxygen atoms in total. The number of sulfonamides is 1. The van der Waals surface area contributed by atoms with Gasteiger partial charge in [-0.3, -0.25) is 9.48 Å². The van der Waals surface area contributed by atoms with Crippen molar-refractivity contribution in [1.29, 1.82) is 0 Å². The second-order valence-corrected chi connectivity index (χ2v) is 6.61. The Hall–Kier alpha value is -1.41. The fourth-order valence-corrected chi connectivity index (χ4v) is 3.46. The molecule has 0 saturated carbocycles. The van der Waals surface area contributed by atoms with E-state index in [9.17, 15) is 13.2 Å². The van der Waals surface area contributed by atoms with Gasteiger partial charge in [0, 0.05) is 38.3 Å². The molecule has 0 aliphatic carbocycles. The van der Waals surface area contributed by atoms with E-state index in [-0.39, 0.29) is 23.3 Å². The summed E-state index contributed by atoms with van der Waals surface area (Å²) in [7, 11) is -3.61. The molecule has 1 aliphatic rings. The average molecular weight is 300 g/mol. The highest BCUT2D eigenvalue weighted by Gasteiger charge is 2.32. The van der Waals surface area contributed by atoms with Crippen molar-refractivity contribution in [3.8, 4) is 0 Å². The quantitative estimate of drug-likeness (QED) is 0.813. The van der Waals surface area contributed by atoms with Crippen LogP contribution < -0.4 is 4.72 Å². The largest absolute Gasteiger partial charge is 0.341 e. The van der Waals surface area contributed by atoms with E-state index in [0.717, 1.165) is 6.42 Å². The van der Waals surface area contributed by atoms with Crippen LogP contribution in [0.25, 0.3) is 0 Å². The van der Waals surface area contributed by atoms with Crippen molar-refractivity contribution in [3.63, 3.8) is 0 Å². The topological polar surface area (TPSA) is 84.3 Å². The summed E-state index contributed by atoms with van der Waals surface area (Å²) in [6.45, 7) is 5.60. The maximum Gasteiger partial charge on any atom is 0.244 e. The summed E-state index contributed by atoms with van der Waals surface area (Å²) in [5.41, 5.74) is 0. The van der Waals surface area contributed by atoms with Crippen LogP contribution in [0.5, 0.6) is 0 Å². The van der Waals surface area contributed by atoms with Gasteiger partial charge in [-0.2, -0.15) is 5.10 Å². The summed E-state index contributed by atoms with van der Waals surface area (Å²) < 4.78 is 28.5. The zero-order chi connectivity index (χ0) is 14.8. The van der Waals surface area contributed by atoms with Gasteiger partial charge < -0.3 is 4.90 Å². The summed E-state index contributed by atoms with van der Waals surface area (Å²) in [6.07, 6.45) is 3.91. The smallest absolute Gasteiger partial charge is 0.244 e. The summed E-state index contributed by atoms with van der Waals surface area (Å²) in [6, 6.07) is -0.357. The molecule has 20 heavy (non-hydrogen) atoms. The molecule has 1 fully saturated rings. The van der Waals surface area contributed by atoms with Gasteiger partial charge in [0.05, 0.1) is 6.20 Å². The van der Waals surface area contributed by atoms with E-state index >= 15 is 0 Å². The lowest BCUT2D eigenvalue weighted by molar-refractivity contribution is -0.127. The molecule has 1 unspecified atom stereocenters. The van der Waals surface area contributed by atoms with Gasteiger partial charge in [-0.05, 0) is 13.3 Å². The van der Waals surface area contributed by atoms with Crippen molar-refractivity contribution in [1.82, 2.24) is 19.4 Å². The predicted octanol–water partition coefficient (Wildman–Crippen LogP) is 0.192. The number of carbonyl (C=O) groups excluding carboxylic acids is 1. The zero-order valence-corrected chi connectivity index (χ0v) is 12.6. The first-order valence-electron chi connectivity index (χ1n) is 6.78. The number of rotatable bonds is 6. The number of aryl methyl sites for hydroxylation is 1. The molecule has 1 aromatic rings. The minimum atomic E-state index is -3.61. The number of hydrogen-bond donors (Lipinski definition) is 1. The lowest BCUT2D eigenvalue weighted by atomic mass is 10.3. The zero-order valence-electron chi connectivity index (χ0n) is 11.7. The Labute approximate surface area is 119 Å². The highest BCUT2D eigenvalue weighted by atomic mass is 32.2. The molecule has 0 aromatic carbocycles. The van der Waals surface area contributed by atoms with E-state index in [2.05, 4.69) is 9.82 Å². The molecule has 0 radical (unpaired) electrons. The Morgan fingerprint density at radius 2 is 2.20 bits per heavy atom. The molecule has 8 heteroatoms. The second-order valence-electron chi connectivity index (χ2n) is 4.89. The Bertz CT molecular complexity index is 581. The number of nitrogens with zero attached hydrogens (tertiary/aromatic N) is 3. The predicted molar refractivity (Wildman–Crippen MR) is 73.5 cm³/mol. The highest BCUT2D eigenvalue weighted by Crippen LogP contribution is 2.15. The molecular formula is C12H20N4O3S. The van der Waals surface area contributed by atoms with Crippen LogP contribution >= 0.6 is 0 Å². The monoisotopic (exact) mass is 300 g/mol. The van der Waals surface area contributed by atoms with Crippen molar-refractivity contribution < 1.29 is 13.2 Å². The molecule has 2 heterocycles. The Morgan fingerprint density at radius 3 is 2.80 bits per heavy atom. The molecule has 1 aromatic heterocycles. The van der Waals surface area contributed by atoms with E-state index in [4.69, 9.17) is 0 Å². The summed E-state index contributed by atoms with van der Waals surface area (Å²) in [4.78, 5) is 13.6. The van der Waals surface area contributed by atoms with E-state index in [0.29, 0.717) is 19.6 Å². The third-order valence-corrected chi connectivity index (χ3v) is 4.75. The van der Waals surface area contributed by atoms with Crippen molar-refractivity contribution in [3.05, 3.63) is 12.4 Å². The van der Waals surface area contributed by atoms with Crippen LogP contribution in [-0.4, -0.2) is 48.1 Å². The van der Waals surface area contributed by atoms with Gasteiger partial charge in [-0.15, -0.1) is 0 Å². The fraction of sp³-hybridized carbons (Fsp3) is 0.667. The van der Waals surface area contributed by atoms with Crippen LogP contribution in [0.4, 0.5) is 0 Å². The lowest BCUT2D eigenvalue weighted by Crippen LogP contribution is -2.37. The van der Waals surface area contributed by atoms with Crippen LogP contribution in [0.15, 0.2) is 17.3 Å². The molecule has 1 aliphatic heterocycles. The third-order valence-electron chi connectivity index (χ3n) is 3.27. The number of aromatic nitrogens is 2. The summed E-state index contributed by atoms with van der Waals surface area (Å²) in [5.74, 6) is 0.00352. The number of likely N-dealkylation sites (tertiary alicyclic amines) is 1. The molecule has 1 atom stereocenters. The minimum absolute atomic E-state index is 0.00352. The molecule has 0 bridgehead atoms. The Kier molecular flexibility index (Phi) is 4.44. The molecule has 2 rings (SSSR count). The molecule has 112 valence electrons. The van der Waals surface area contributed by atoms with Crippen molar-refractivity contribution in [2.75, 3.05) is 13.1 Å². The van der Waals surface area contributed by atoms with Crippen LogP contribution in [0, 0.1) is 0 Å². The first kappa shape index (κ1) is 15.0. The van der Waals surface area contributed by atoms with Gasteiger partial charge >= 0.3 is 0 Å². The number of nitrogens with one attached hydrogen (secondary N) is 1. The van der Waals surface area contributed by atoms with Crippen molar-refractivity contribution in [2.24, 2.45) is 0 Å². The third kappa shape index (κ3) is 3.18. The van der Waals surface area contributed by atoms with Crippen molar-refractivity contribution >= 4 is 15.9 Å². The number of carbonyl (C=O) groups is 1. The maximum atomic E-state index is 12.2. The second kappa shape index (κ2) is 5.92. The van der Waals surface area contributed by atoms with E-state index in [1.54, 1.807) is 9.58 Å². The van der Waals surface area contributed by atoms with Gasteiger partial charge in [0.25, 0.3) is 0 Å². The normalized spacial score (nSPS) is 19.8. The van der Waals surface area contributed by atoms with Gasteiger partial charge in [-0.25, -0.2) is 13.1 Å². The lowest BCUT2D eigenvalue weighted by Gasteiger charge is -2.15. The fourth-order valence-electron chi connectivity index (χ4n) is 2.28. The van der Waals surface area contributed by atoms with Gasteiger partial charge in [0.2, 0.25) is 15.9 Å². The molecule has 1 N–H and O–H groups in total. The SMILES string of the molecule is CCCN1CC(NS(=O)(=O)c2cnn(CC)c2)CC1=O. The van der Waals surface area contributed by atoms with E-state index in [1.165, 1.54) is 12.4 Å². The molecular weight excluding hydrogens is 280 g/mol. The first-order chi connectivity index (χ1) is 9.46. The molecule has 0 spiro atoms. The first-order valence-corrected chi connectivity index (χ1v) is 8.27. The number of amides is 1. The van der Waals surface area contributed by atoms with Crippen LogP contribution in [0.1, 0.15) is 26.7 Å². The Balaban J connectivity index is 2.04. The maximum absolute atomic E-state index is 12.2. The summed E-state index contributed by atoms with van der Waals surface area (Å²) >= 11 is 0. The van der Waals surface area contributed by atoms with Gasteiger partial charge in [0.1, 0.15) is 4.90 Å². The summed E-state index contributed by atoms with van der Waals surface area (Å²) in [5, 5.41) is 3.96. The highest BCUT2D eigenvalue weighted by molar-refractivity contribution is 7.89. The van der Waals surface area contributed by atoms with Crippen LogP contribution in [0.3, 0.4) is 0 Å². The van der Waals surface area contributed by atoms with Gasteiger partial charge in [0.15, 0.2) is 0 Å².